The molecular formula is C11H11ClN2O3S. The van der Waals surface area contributed by atoms with Crippen molar-refractivity contribution in [3.63, 3.8) is 0 Å². The van der Waals surface area contributed by atoms with Crippen molar-refractivity contribution in [1.29, 1.82) is 0 Å². The molecule has 0 N–H and O–H groups in total. The van der Waals surface area contributed by atoms with Crippen molar-refractivity contribution in [2.45, 2.75) is 11.8 Å². The molecule has 2 rings (SSSR count). The molecule has 1 aromatic carbocycles. The summed E-state index contributed by atoms with van der Waals surface area (Å²) in [5.41, 5.74) is 1.55. The smallest absolute Gasteiger partial charge is 0.261 e. The molecule has 0 unspecified atom stereocenters. The van der Waals surface area contributed by atoms with Gasteiger partial charge in [-0.25, -0.2) is 13.4 Å². The third-order valence-electron chi connectivity index (χ3n) is 2.42. The van der Waals surface area contributed by atoms with Crippen molar-refractivity contribution in [2.24, 2.45) is 0 Å². The molecule has 7 heteroatoms. The molecule has 0 saturated heterocycles. The van der Waals surface area contributed by atoms with Crippen molar-refractivity contribution in [3.05, 3.63) is 36.4 Å². The summed E-state index contributed by atoms with van der Waals surface area (Å²) in [5, 5.41) is 0. The second-order valence-electron chi connectivity index (χ2n) is 3.69. The van der Waals surface area contributed by atoms with Crippen LogP contribution in [0.3, 0.4) is 0 Å². The Morgan fingerprint density at radius 2 is 2.11 bits per heavy atom. The maximum Gasteiger partial charge on any atom is 0.261 e. The minimum Gasteiger partial charge on any atom is -0.495 e. The Hall–Kier alpha value is -1.53. The van der Waals surface area contributed by atoms with Crippen molar-refractivity contribution >= 4 is 19.7 Å². The maximum absolute atomic E-state index is 11.2. The molecule has 96 valence electrons. The minimum absolute atomic E-state index is 0.00149. The lowest BCUT2D eigenvalue weighted by Crippen LogP contribution is -1.98. The van der Waals surface area contributed by atoms with E-state index in [1.807, 2.05) is 13.1 Å². The molecule has 0 atom stereocenters. The van der Waals surface area contributed by atoms with E-state index in [0.29, 0.717) is 11.4 Å². The number of aryl methyl sites for hydroxylation is 1. The summed E-state index contributed by atoms with van der Waals surface area (Å²) in [6.45, 7) is 1.86. The molecular weight excluding hydrogens is 276 g/mol. The third kappa shape index (κ3) is 2.49. The molecule has 0 fully saturated rings. The van der Waals surface area contributed by atoms with E-state index in [0.717, 1.165) is 5.69 Å². The average molecular weight is 287 g/mol. The highest BCUT2D eigenvalue weighted by Crippen LogP contribution is 2.27. The highest BCUT2D eigenvalue weighted by molar-refractivity contribution is 8.13. The fourth-order valence-electron chi connectivity index (χ4n) is 1.58. The predicted molar refractivity (Wildman–Crippen MR) is 67.9 cm³/mol. The van der Waals surface area contributed by atoms with Crippen molar-refractivity contribution in [2.75, 3.05) is 7.11 Å². The summed E-state index contributed by atoms with van der Waals surface area (Å²) in [6, 6.07) is 4.43. The first-order valence-electron chi connectivity index (χ1n) is 5.05. The van der Waals surface area contributed by atoms with Crippen LogP contribution in [0.2, 0.25) is 0 Å². The van der Waals surface area contributed by atoms with E-state index in [-0.39, 0.29) is 4.90 Å². The second-order valence-corrected chi connectivity index (χ2v) is 6.26. The number of methoxy groups -OCH3 is 1. The van der Waals surface area contributed by atoms with Crippen LogP contribution in [-0.2, 0) is 9.05 Å². The van der Waals surface area contributed by atoms with Gasteiger partial charge in [-0.1, -0.05) is 0 Å². The quantitative estimate of drug-likeness (QED) is 0.811. The largest absolute Gasteiger partial charge is 0.495 e. The van der Waals surface area contributed by atoms with Gasteiger partial charge in [0, 0.05) is 22.9 Å². The van der Waals surface area contributed by atoms with E-state index in [9.17, 15) is 8.42 Å². The van der Waals surface area contributed by atoms with Gasteiger partial charge in [0.25, 0.3) is 9.05 Å². The van der Waals surface area contributed by atoms with E-state index < -0.39 is 9.05 Å². The zero-order valence-corrected chi connectivity index (χ0v) is 11.4. The fraction of sp³-hybridized carbons (Fsp3) is 0.182. The Morgan fingerprint density at radius 1 is 1.39 bits per heavy atom. The molecule has 2 aromatic rings. The van der Waals surface area contributed by atoms with Crippen LogP contribution in [0.15, 0.2) is 35.6 Å². The summed E-state index contributed by atoms with van der Waals surface area (Å²) in [4.78, 5) is 4.10. The van der Waals surface area contributed by atoms with Gasteiger partial charge >= 0.3 is 0 Å². The van der Waals surface area contributed by atoms with Gasteiger partial charge in [0.1, 0.15) is 5.75 Å². The summed E-state index contributed by atoms with van der Waals surface area (Å²) < 4.78 is 29.4. The predicted octanol–water partition coefficient (Wildman–Crippen LogP) is 2.12. The van der Waals surface area contributed by atoms with Gasteiger partial charge in [-0.05, 0) is 19.1 Å². The molecule has 0 aliphatic rings. The van der Waals surface area contributed by atoms with E-state index in [4.69, 9.17) is 15.4 Å². The number of hydrogen-bond acceptors (Lipinski definition) is 4. The number of halogens is 1. The van der Waals surface area contributed by atoms with Gasteiger partial charge in [0.05, 0.1) is 29.7 Å². The molecule has 18 heavy (non-hydrogen) atoms. The zero-order chi connectivity index (χ0) is 13.3. The Labute approximate surface area is 109 Å². The van der Waals surface area contributed by atoms with Gasteiger partial charge < -0.3 is 9.30 Å². The highest BCUT2D eigenvalue weighted by Gasteiger charge is 2.14. The minimum atomic E-state index is -3.76. The monoisotopic (exact) mass is 286 g/mol. The molecule has 0 radical (unpaired) electrons. The van der Waals surface area contributed by atoms with E-state index in [2.05, 4.69) is 4.98 Å². The number of nitrogens with zero attached hydrogens (tertiary/aromatic N) is 2. The zero-order valence-electron chi connectivity index (χ0n) is 9.79. The highest BCUT2D eigenvalue weighted by atomic mass is 35.7. The third-order valence-corrected chi connectivity index (χ3v) is 3.77. The normalized spacial score (nSPS) is 11.5. The number of aromatic nitrogens is 2. The lowest BCUT2D eigenvalue weighted by molar-refractivity contribution is 0.411. The van der Waals surface area contributed by atoms with Crippen LogP contribution in [0.1, 0.15) is 5.69 Å². The molecule has 5 nitrogen and oxygen atoms in total. The maximum atomic E-state index is 11.2. The van der Waals surface area contributed by atoms with Crippen molar-refractivity contribution in [1.82, 2.24) is 9.55 Å². The van der Waals surface area contributed by atoms with Crippen LogP contribution in [0.4, 0.5) is 0 Å². The number of hydrogen-bond donors (Lipinski definition) is 0. The van der Waals surface area contributed by atoms with E-state index in [1.165, 1.54) is 19.2 Å². The van der Waals surface area contributed by atoms with Gasteiger partial charge in [-0.15, -0.1) is 0 Å². The van der Waals surface area contributed by atoms with E-state index in [1.54, 1.807) is 17.0 Å². The number of benzene rings is 1. The Morgan fingerprint density at radius 3 is 2.61 bits per heavy atom. The van der Waals surface area contributed by atoms with Gasteiger partial charge in [0.2, 0.25) is 0 Å². The summed E-state index contributed by atoms with van der Waals surface area (Å²) >= 11 is 0. The van der Waals surface area contributed by atoms with Crippen molar-refractivity contribution < 1.29 is 13.2 Å². The average Bonchev–Trinajstić information content (AvgIpc) is 2.73. The lowest BCUT2D eigenvalue weighted by atomic mass is 10.3. The van der Waals surface area contributed by atoms with E-state index >= 15 is 0 Å². The fourth-order valence-corrected chi connectivity index (χ4v) is 2.34. The molecule has 0 aliphatic heterocycles. The standard InChI is InChI=1S/C11H11ClN2O3S/c1-8-6-14(7-13-8)10-4-3-9(18(12,15)16)5-11(10)17-2/h3-7H,1-2H3. The Bertz CT molecular complexity index is 679. The van der Waals surface area contributed by atoms with Crippen LogP contribution >= 0.6 is 10.7 Å². The summed E-state index contributed by atoms with van der Waals surface area (Å²) in [6.07, 6.45) is 3.44. The van der Waals surface area contributed by atoms with Crippen LogP contribution in [-0.4, -0.2) is 25.1 Å². The first-order valence-corrected chi connectivity index (χ1v) is 7.36. The molecule has 0 aliphatic carbocycles. The molecule has 1 aromatic heterocycles. The summed E-state index contributed by atoms with van der Waals surface area (Å²) in [5.74, 6) is 0.411. The van der Waals surface area contributed by atoms with Crippen LogP contribution in [0.5, 0.6) is 5.75 Å². The summed E-state index contributed by atoms with van der Waals surface area (Å²) in [7, 11) is 2.99. The topological polar surface area (TPSA) is 61.2 Å². The number of imidazole rings is 1. The van der Waals surface area contributed by atoms with Crippen LogP contribution in [0, 0.1) is 6.92 Å². The van der Waals surface area contributed by atoms with Gasteiger partial charge in [-0.2, -0.15) is 0 Å². The lowest BCUT2D eigenvalue weighted by Gasteiger charge is -2.09. The molecule has 0 amide bonds. The first kappa shape index (κ1) is 12.9. The Balaban J connectivity index is 2.57. The van der Waals surface area contributed by atoms with Gasteiger partial charge in [0.15, 0.2) is 0 Å². The van der Waals surface area contributed by atoms with Crippen molar-refractivity contribution in [3.8, 4) is 11.4 Å². The SMILES string of the molecule is COc1cc(S(=O)(=O)Cl)ccc1-n1cnc(C)c1. The Kier molecular flexibility index (Phi) is 3.32. The first-order chi connectivity index (χ1) is 8.41. The number of ether oxygens (including phenoxy) is 1. The molecule has 0 saturated carbocycles. The van der Waals surface area contributed by atoms with Gasteiger partial charge in [-0.3, -0.25) is 0 Å². The number of rotatable bonds is 3. The molecule has 1 heterocycles. The van der Waals surface area contributed by atoms with Crippen LogP contribution < -0.4 is 4.74 Å². The second kappa shape index (κ2) is 4.62. The molecule has 0 bridgehead atoms. The van der Waals surface area contributed by atoms with Crippen LogP contribution in [0.25, 0.3) is 5.69 Å². The molecule has 0 spiro atoms.